The molecular formula is C18H24N4O5S. The highest BCUT2D eigenvalue weighted by atomic mass is 32.2. The highest BCUT2D eigenvalue weighted by Crippen LogP contribution is 2.20. The molecule has 0 N–H and O–H groups in total. The van der Waals surface area contributed by atoms with Gasteiger partial charge in [-0.25, -0.2) is 17.9 Å². The third-order valence-electron chi connectivity index (χ3n) is 4.95. The van der Waals surface area contributed by atoms with Gasteiger partial charge in [-0.2, -0.15) is 0 Å². The Hall–Kier alpha value is -2.49. The van der Waals surface area contributed by atoms with Gasteiger partial charge in [0, 0.05) is 19.1 Å². The molecular weight excluding hydrogens is 384 g/mol. The van der Waals surface area contributed by atoms with E-state index >= 15 is 0 Å². The Kier molecular flexibility index (Phi) is 5.69. The second-order valence-corrected chi connectivity index (χ2v) is 9.07. The van der Waals surface area contributed by atoms with E-state index in [0.717, 1.165) is 5.52 Å². The minimum atomic E-state index is -3.11. The number of aryl methyl sites for hydroxylation is 1. The first-order chi connectivity index (χ1) is 13.3. The van der Waals surface area contributed by atoms with Crippen LogP contribution >= 0.6 is 0 Å². The van der Waals surface area contributed by atoms with Gasteiger partial charge >= 0.3 is 5.97 Å². The van der Waals surface area contributed by atoms with Crippen molar-refractivity contribution in [1.29, 1.82) is 0 Å². The molecule has 1 amide bonds. The fraction of sp³-hybridized carbons (Fsp3) is 0.556. The monoisotopic (exact) mass is 408 g/mol. The molecule has 1 aromatic heterocycles. The van der Waals surface area contributed by atoms with Crippen LogP contribution in [0.1, 0.15) is 37.6 Å². The molecule has 1 fully saturated rings. The fourth-order valence-electron chi connectivity index (χ4n) is 3.46. The Morgan fingerprint density at radius 3 is 2.71 bits per heavy atom. The van der Waals surface area contributed by atoms with Gasteiger partial charge in [-0.15, -0.1) is 5.10 Å². The number of fused-ring (bicyclic) bond motifs is 1. The van der Waals surface area contributed by atoms with Crippen LogP contribution in [0, 0.1) is 0 Å². The Balaban J connectivity index is 1.69. The van der Waals surface area contributed by atoms with E-state index < -0.39 is 27.8 Å². The Bertz CT molecular complexity index is 1000. The van der Waals surface area contributed by atoms with E-state index in [1.54, 1.807) is 29.8 Å². The molecule has 1 aliphatic heterocycles. The van der Waals surface area contributed by atoms with Crippen molar-refractivity contribution in [3.05, 3.63) is 23.8 Å². The van der Waals surface area contributed by atoms with Gasteiger partial charge in [0.1, 0.15) is 5.52 Å². The number of carbonyl (C=O) groups is 2. The predicted molar refractivity (Wildman–Crippen MR) is 103 cm³/mol. The minimum Gasteiger partial charge on any atom is -0.449 e. The molecule has 0 unspecified atom stereocenters. The van der Waals surface area contributed by atoms with E-state index in [4.69, 9.17) is 4.74 Å². The Labute approximate surface area is 163 Å². The smallest absolute Gasteiger partial charge is 0.338 e. The van der Waals surface area contributed by atoms with Crippen LogP contribution in [0.4, 0.5) is 0 Å². The average molecular weight is 408 g/mol. The van der Waals surface area contributed by atoms with E-state index in [1.807, 2.05) is 6.92 Å². The molecule has 0 radical (unpaired) electrons. The third-order valence-corrected chi connectivity index (χ3v) is 6.70. The summed E-state index contributed by atoms with van der Waals surface area (Å²) >= 11 is 0. The molecule has 9 nitrogen and oxygen atoms in total. The molecule has 1 aliphatic rings. The van der Waals surface area contributed by atoms with Crippen molar-refractivity contribution in [1.82, 2.24) is 19.9 Å². The third kappa shape index (κ3) is 4.01. The summed E-state index contributed by atoms with van der Waals surface area (Å²) in [6, 6.07) is 4.56. The number of hydrogen-bond donors (Lipinski definition) is 0. The van der Waals surface area contributed by atoms with Crippen LogP contribution in [0.3, 0.4) is 0 Å². The summed E-state index contributed by atoms with van der Waals surface area (Å²) in [5.74, 6) is -0.995. The maximum absolute atomic E-state index is 12.7. The van der Waals surface area contributed by atoms with Crippen molar-refractivity contribution >= 4 is 32.7 Å². The Morgan fingerprint density at radius 2 is 2.11 bits per heavy atom. The van der Waals surface area contributed by atoms with Crippen LogP contribution in [0.2, 0.25) is 0 Å². The average Bonchev–Trinajstić information content (AvgIpc) is 3.24. The largest absolute Gasteiger partial charge is 0.449 e. The number of carbonyl (C=O) groups excluding carboxylic acids is 2. The predicted octanol–water partition coefficient (Wildman–Crippen LogP) is 1.03. The van der Waals surface area contributed by atoms with Crippen LogP contribution < -0.4 is 0 Å². The number of rotatable bonds is 6. The molecule has 0 aliphatic carbocycles. The molecule has 152 valence electrons. The first-order valence-corrected chi connectivity index (χ1v) is 11.1. The summed E-state index contributed by atoms with van der Waals surface area (Å²) in [4.78, 5) is 26.7. The zero-order valence-electron chi connectivity index (χ0n) is 16.2. The van der Waals surface area contributed by atoms with Crippen LogP contribution in [-0.4, -0.2) is 70.4 Å². The fourth-order valence-corrected chi connectivity index (χ4v) is 5.19. The number of esters is 1. The SMILES string of the molecule is CCN(C(=O)[C@H](C)OC(=O)c1ccc2c(c1)nnn2CC)[C@H]1CCS(=O)(=O)C1. The van der Waals surface area contributed by atoms with Crippen LogP contribution in [0.25, 0.3) is 11.0 Å². The van der Waals surface area contributed by atoms with Gasteiger partial charge in [0.15, 0.2) is 15.9 Å². The summed E-state index contributed by atoms with van der Waals surface area (Å²) in [6.07, 6.45) is -0.607. The van der Waals surface area contributed by atoms with Crippen molar-refractivity contribution in [3.8, 4) is 0 Å². The lowest BCUT2D eigenvalue weighted by Gasteiger charge is -2.29. The van der Waals surface area contributed by atoms with Crippen molar-refractivity contribution < 1.29 is 22.7 Å². The molecule has 2 aromatic rings. The summed E-state index contributed by atoms with van der Waals surface area (Å²) < 4.78 is 30.5. The molecule has 0 bridgehead atoms. The number of sulfone groups is 1. The van der Waals surface area contributed by atoms with Gasteiger partial charge in [-0.1, -0.05) is 5.21 Å². The van der Waals surface area contributed by atoms with E-state index in [9.17, 15) is 18.0 Å². The van der Waals surface area contributed by atoms with Gasteiger partial charge in [0.05, 0.1) is 22.6 Å². The quantitative estimate of drug-likeness (QED) is 0.656. The van der Waals surface area contributed by atoms with Crippen molar-refractivity contribution in [2.75, 3.05) is 18.1 Å². The zero-order valence-corrected chi connectivity index (χ0v) is 17.0. The lowest BCUT2D eigenvalue weighted by atomic mass is 10.2. The highest BCUT2D eigenvalue weighted by molar-refractivity contribution is 7.91. The van der Waals surface area contributed by atoms with E-state index in [-0.39, 0.29) is 23.1 Å². The van der Waals surface area contributed by atoms with E-state index in [1.165, 1.54) is 11.8 Å². The lowest BCUT2D eigenvalue weighted by molar-refractivity contribution is -0.141. The van der Waals surface area contributed by atoms with Crippen molar-refractivity contribution in [2.24, 2.45) is 0 Å². The summed E-state index contributed by atoms with van der Waals surface area (Å²) in [7, 11) is -3.11. The number of likely N-dealkylation sites (N-methyl/N-ethyl adjacent to an activating group) is 1. The second-order valence-electron chi connectivity index (χ2n) is 6.84. The number of amides is 1. The van der Waals surface area contributed by atoms with Crippen LogP contribution in [-0.2, 0) is 25.9 Å². The van der Waals surface area contributed by atoms with Gasteiger partial charge in [0.25, 0.3) is 5.91 Å². The van der Waals surface area contributed by atoms with Crippen molar-refractivity contribution in [2.45, 2.75) is 45.9 Å². The Morgan fingerprint density at radius 1 is 1.36 bits per heavy atom. The first-order valence-electron chi connectivity index (χ1n) is 9.31. The second kappa shape index (κ2) is 7.86. The van der Waals surface area contributed by atoms with Gasteiger partial charge < -0.3 is 9.64 Å². The number of benzene rings is 1. The number of hydrogen-bond acceptors (Lipinski definition) is 7. The zero-order chi connectivity index (χ0) is 20.5. The topological polar surface area (TPSA) is 111 Å². The number of ether oxygens (including phenoxy) is 1. The highest BCUT2D eigenvalue weighted by Gasteiger charge is 2.36. The number of aromatic nitrogens is 3. The molecule has 1 saturated heterocycles. The maximum atomic E-state index is 12.7. The van der Waals surface area contributed by atoms with E-state index in [2.05, 4.69) is 10.3 Å². The van der Waals surface area contributed by atoms with Crippen LogP contribution in [0.15, 0.2) is 18.2 Å². The standard InChI is InChI=1S/C18H24N4O5S/c1-4-21(14-8-9-28(25,26)11-14)17(23)12(3)27-18(24)13-6-7-16-15(10-13)19-20-22(16)5-2/h6-7,10,12,14H,4-5,8-9,11H2,1-3H3/t12-,14-/m0/s1. The lowest BCUT2D eigenvalue weighted by Crippen LogP contribution is -2.46. The van der Waals surface area contributed by atoms with Crippen LogP contribution in [0.5, 0.6) is 0 Å². The molecule has 1 aromatic carbocycles. The molecule has 2 atom stereocenters. The summed E-state index contributed by atoms with van der Waals surface area (Å²) in [6.45, 7) is 6.24. The molecule has 0 spiro atoms. The molecule has 3 rings (SSSR count). The van der Waals surface area contributed by atoms with Gasteiger partial charge in [0.2, 0.25) is 0 Å². The number of nitrogens with zero attached hydrogens (tertiary/aromatic N) is 4. The van der Waals surface area contributed by atoms with Gasteiger partial charge in [-0.3, -0.25) is 4.79 Å². The van der Waals surface area contributed by atoms with E-state index in [0.29, 0.717) is 25.0 Å². The molecule has 0 saturated carbocycles. The first kappa shape index (κ1) is 20.2. The van der Waals surface area contributed by atoms with Crippen molar-refractivity contribution in [3.63, 3.8) is 0 Å². The summed E-state index contributed by atoms with van der Waals surface area (Å²) in [5, 5.41) is 8.03. The van der Waals surface area contributed by atoms with Gasteiger partial charge in [-0.05, 0) is 45.4 Å². The normalized spacial score (nSPS) is 19.5. The summed E-state index contributed by atoms with van der Waals surface area (Å²) in [5.41, 5.74) is 1.66. The molecule has 2 heterocycles. The minimum absolute atomic E-state index is 0.0446. The maximum Gasteiger partial charge on any atom is 0.338 e. The molecule has 28 heavy (non-hydrogen) atoms. The molecule has 10 heteroatoms.